The maximum absolute atomic E-state index is 13.3. The zero-order valence-electron chi connectivity index (χ0n) is 28.5. The number of carboxylic acids is 1. The molecule has 0 aromatic heterocycles. The zero-order chi connectivity index (χ0) is 35.2. The molecule has 0 saturated heterocycles. The van der Waals surface area contributed by atoms with Crippen molar-refractivity contribution in [1.82, 2.24) is 26.6 Å². The topological polar surface area (TPSA) is 223 Å². The van der Waals surface area contributed by atoms with Gasteiger partial charge in [0.2, 0.25) is 29.5 Å². The van der Waals surface area contributed by atoms with Gasteiger partial charge in [-0.25, -0.2) is 0 Å². The maximum atomic E-state index is 13.3. The lowest BCUT2D eigenvalue weighted by atomic mass is 9.95. The molecule has 0 spiro atoms. The number of aliphatic hydroxyl groups is 2. The Morgan fingerprint density at radius 3 is 1.36 bits per heavy atom. The van der Waals surface area contributed by atoms with Crippen molar-refractivity contribution in [2.24, 2.45) is 23.7 Å². The van der Waals surface area contributed by atoms with E-state index in [1.165, 1.54) is 13.8 Å². The average Bonchev–Trinajstić information content (AvgIpc) is 2.87. The minimum Gasteiger partial charge on any atom is -0.481 e. The van der Waals surface area contributed by atoms with Crippen molar-refractivity contribution in [2.75, 3.05) is 0 Å². The van der Waals surface area contributed by atoms with Gasteiger partial charge in [-0.1, -0.05) is 55.4 Å². The molecule has 8 N–H and O–H groups in total. The number of aliphatic carboxylic acids is 1. The van der Waals surface area contributed by atoms with E-state index in [2.05, 4.69) is 26.6 Å². The Morgan fingerprint density at radius 2 is 0.956 bits per heavy atom. The first-order valence-corrected chi connectivity index (χ1v) is 15.7. The number of carbonyl (C=O) groups excluding carboxylic acids is 5. The van der Waals surface area contributed by atoms with Gasteiger partial charge in [-0.05, 0) is 43.4 Å². The molecule has 0 aliphatic rings. The summed E-state index contributed by atoms with van der Waals surface area (Å²) in [4.78, 5) is 74.6. The molecule has 0 unspecified atom stereocenters. The van der Waals surface area contributed by atoms with Crippen LogP contribution in [0.25, 0.3) is 0 Å². The lowest BCUT2D eigenvalue weighted by Gasteiger charge is -2.31. The van der Waals surface area contributed by atoms with Gasteiger partial charge >= 0.3 is 5.97 Å². The van der Waals surface area contributed by atoms with Crippen LogP contribution < -0.4 is 26.6 Å². The molecule has 0 aromatic carbocycles. The Morgan fingerprint density at radius 1 is 0.556 bits per heavy atom. The third kappa shape index (κ3) is 16.6. The smallest absolute Gasteiger partial charge is 0.306 e. The van der Waals surface area contributed by atoms with Gasteiger partial charge in [-0.2, -0.15) is 0 Å². The number of carbonyl (C=O) groups is 6. The maximum Gasteiger partial charge on any atom is 0.306 e. The van der Waals surface area contributed by atoms with Crippen LogP contribution in [0.2, 0.25) is 0 Å². The van der Waals surface area contributed by atoms with Crippen LogP contribution in [0.1, 0.15) is 94.9 Å². The number of amides is 5. The van der Waals surface area contributed by atoms with E-state index >= 15 is 0 Å². The van der Waals surface area contributed by atoms with Crippen molar-refractivity contribution >= 4 is 35.5 Å². The van der Waals surface area contributed by atoms with Crippen LogP contribution in [-0.4, -0.2) is 93.2 Å². The fourth-order valence-corrected chi connectivity index (χ4v) is 4.77. The zero-order valence-corrected chi connectivity index (χ0v) is 28.5. The molecule has 0 radical (unpaired) electrons. The van der Waals surface area contributed by atoms with Crippen LogP contribution in [0.5, 0.6) is 0 Å². The van der Waals surface area contributed by atoms with Gasteiger partial charge in [0.15, 0.2) is 0 Å². The number of nitrogens with one attached hydrogen (secondary N) is 5. The highest BCUT2D eigenvalue weighted by Gasteiger charge is 2.33. The Kier molecular flexibility index (Phi) is 18.5. The average molecular weight is 644 g/mol. The van der Waals surface area contributed by atoms with Crippen LogP contribution in [0.4, 0.5) is 0 Å². The van der Waals surface area contributed by atoms with Crippen molar-refractivity contribution in [3.63, 3.8) is 0 Å². The third-order valence-electron chi connectivity index (χ3n) is 7.14. The predicted octanol–water partition coefficient (Wildman–Crippen LogP) is 0.441. The highest BCUT2D eigenvalue weighted by atomic mass is 16.4. The normalized spacial score (nSPS) is 16.3. The van der Waals surface area contributed by atoms with Crippen molar-refractivity contribution in [1.29, 1.82) is 0 Å². The first-order valence-electron chi connectivity index (χ1n) is 15.7. The number of rotatable bonds is 20. The van der Waals surface area contributed by atoms with Gasteiger partial charge in [0, 0.05) is 6.92 Å². The summed E-state index contributed by atoms with van der Waals surface area (Å²) in [7, 11) is 0. The summed E-state index contributed by atoms with van der Waals surface area (Å²) in [5.74, 6) is -4.48. The molecule has 0 heterocycles. The SMILES string of the molecule is CC(=O)N[C@H](C(=O)N[C@@H](C(=O)N[C@H](CC(C)C)[C@@H](O)CC(=O)N[C@H](C)C(=O)N[C@H](CC(C)C)[C@@H](O)CC(=O)O)C(C)C)C(C)C. The molecular weight excluding hydrogens is 586 g/mol. The molecule has 0 aliphatic heterocycles. The Bertz CT molecular complexity index is 1000. The van der Waals surface area contributed by atoms with Crippen molar-refractivity contribution in [2.45, 2.75) is 137 Å². The van der Waals surface area contributed by atoms with E-state index in [-0.39, 0.29) is 29.6 Å². The van der Waals surface area contributed by atoms with Crippen LogP contribution in [0.3, 0.4) is 0 Å². The minimum absolute atomic E-state index is 0.0185. The standard InChI is InChI=1S/C31H57N5O9/c1-15(2)11-21(35-30(44)28(18(7)8)36-31(45)27(17(5)6)33-20(10)37)23(38)13-25(40)32-19(9)29(43)34-22(12-16(3)4)24(39)14-26(41)42/h15-19,21-24,27-28,38-39H,11-14H2,1-10H3,(H,32,40)(H,33,37)(H,34,43)(H,35,44)(H,36,45)(H,41,42)/t19-,21-,22-,23+,24+,27+,28-/m1/s1. The number of carboxylic acid groups (broad SMARTS) is 1. The van der Waals surface area contributed by atoms with Crippen LogP contribution in [0.15, 0.2) is 0 Å². The molecular formula is C31H57N5O9. The Balaban J connectivity index is 5.54. The van der Waals surface area contributed by atoms with E-state index in [1.54, 1.807) is 27.7 Å². The van der Waals surface area contributed by atoms with E-state index in [1.807, 2.05) is 27.7 Å². The first-order chi connectivity index (χ1) is 20.7. The van der Waals surface area contributed by atoms with Gasteiger partial charge in [-0.3, -0.25) is 28.8 Å². The summed E-state index contributed by atoms with van der Waals surface area (Å²) >= 11 is 0. The molecule has 0 fully saturated rings. The Hall–Kier alpha value is -3.26. The Labute approximate surface area is 267 Å². The highest BCUT2D eigenvalue weighted by molar-refractivity contribution is 5.92. The van der Waals surface area contributed by atoms with Crippen molar-refractivity contribution in [3.05, 3.63) is 0 Å². The number of hydrogen-bond donors (Lipinski definition) is 8. The summed E-state index contributed by atoms with van der Waals surface area (Å²) in [6.07, 6.45) is -3.01. The van der Waals surface area contributed by atoms with Gasteiger partial charge in [0.05, 0.1) is 37.1 Å². The molecule has 45 heavy (non-hydrogen) atoms. The molecule has 260 valence electrons. The van der Waals surface area contributed by atoms with E-state index in [4.69, 9.17) is 5.11 Å². The van der Waals surface area contributed by atoms with Gasteiger partial charge < -0.3 is 41.9 Å². The van der Waals surface area contributed by atoms with Crippen molar-refractivity contribution < 1.29 is 44.1 Å². The van der Waals surface area contributed by atoms with Crippen LogP contribution >= 0.6 is 0 Å². The minimum atomic E-state index is -1.33. The van der Waals surface area contributed by atoms with Crippen LogP contribution in [0, 0.1) is 23.7 Å². The summed E-state index contributed by atoms with van der Waals surface area (Å²) in [5.41, 5.74) is 0. The highest BCUT2D eigenvalue weighted by Crippen LogP contribution is 2.14. The predicted molar refractivity (Wildman–Crippen MR) is 168 cm³/mol. The molecule has 0 aromatic rings. The quantitative estimate of drug-likeness (QED) is 0.0920. The molecule has 0 saturated carbocycles. The van der Waals surface area contributed by atoms with Gasteiger partial charge in [0.25, 0.3) is 0 Å². The first kappa shape index (κ1) is 41.7. The lowest BCUT2D eigenvalue weighted by Crippen LogP contribution is -2.59. The van der Waals surface area contributed by atoms with Gasteiger partial charge in [0.1, 0.15) is 18.1 Å². The number of aliphatic hydroxyl groups excluding tert-OH is 2. The largest absolute Gasteiger partial charge is 0.481 e. The molecule has 0 rings (SSSR count). The molecule has 7 atom stereocenters. The summed E-state index contributed by atoms with van der Waals surface area (Å²) in [5, 5.41) is 43.5. The molecule has 0 aliphatic carbocycles. The molecule has 14 heteroatoms. The third-order valence-corrected chi connectivity index (χ3v) is 7.14. The monoisotopic (exact) mass is 643 g/mol. The summed E-state index contributed by atoms with van der Waals surface area (Å²) in [6, 6.07) is -4.59. The van der Waals surface area contributed by atoms with Crippen LogP contribution in [-0.2, 0) is 28.8 Å². The summed E-state index contributed by atoms with van der Waals surface area (Å²) < 4.78 is 0. The van der Waals surface area contributed by atoms with Crippen molar-refractivity contribution in [3.8, 4) is 0 Å². The molecule has 14 nitrogen and oxygen atoms in total. The molecule has 5 amide bonds. The van der Waals surface area contributed by atoms with E-state index in [9.17, 15) is 39.0 Å². The summed E-state index contributed by atoms with van der Waals surface area (Å²) in [6.45, 7) is 17.2. The lowest BCUT2D eigenvalue weighted by molar-refractivity contribution is -0.140. The van der Waals surface area contributed by atoms with E-state index in [0.29, 0.717) is 12.8 Å². The second-order valence-electron chi connectivity index (χ2n) is 13.4. The van der Waals surface area contributed by atoms with E-state index in [0.717, 1.165) is 0 Å². The second-order valence-corrected chi connectivity index (χ2v) is 13.4. The fraction of sp³-hybridized carbons (Fsp3) is 0.806. The second kappa shape index (κ2) is 20.0. The van der Waals surface area contributed by atoms with Gasteiger partial charge in [-0.15, -0.1) is 0 Å². The van der Waals surface area contributed by atoms with E-state index < -0.39 is 84.9 Å². The fourth-order valence-electron chi connectivity index (χ4n) is 4.77. The molecule has 0 bridgehead atoms. The number of hydrogen-bond acceptors (Lipinski definition) is 8.